The van der Waals surface area contributed by atoms with Crippen LogP contribution in [0.5, 0.6) is 80.5 Å². The van der Waals surface area contributed by atoms with E-state index in [4.69, 9.17) is 56.8 Å². The van der Waals surface area contributed by atoms with Crippen molar-refractivity contribution in [1.82, 2.24) is 0 Å². The van der Waals surface area contributed by atoms with E-state index in [2.05, 4.69) is 12.1 Å². The third kappa shape index (κ3) is 11.1. The van der Waals surface area contributed by atoms with Crippen molar-refractivity contribution in [3.63, 3.8) is 0 Å². The first-order chi connectivity index (χ1) is 31.2. The molecule has 0 heterocycles. The molecule has 0 bridgehead atoms. The van der Waals surface area contributed by atoms with Crippen molar-refractivity contribution in [2.75, 3.05) is 71.1 Å². The molecule has 6 aromatic rings. The lowest BCUT2D eigenvalue weighted by Gasteiger charge is -2.20. The number of hydrogen-bond acceptors (Lipinski definition) is 12. The molecular formula is C52H58O12. The van der Waals surface area contributed by atoms with Gasteiger partial charge in [-0.15, -0.1) is 0 Å². The van der Waals surface area contributed by atoms with Gasteiger partial charge in [-0.2, -0.15) is 0 Å². The van der Waals surface area contributed by atoms with Gasteiger partial charge in [-0.1, -0.05) is 24.3 Å². The first-order valence-electron chi connectivity index (χ1n) is 20.8. The molecule has 6 rings (SSSR count). The Labute approximate surface area is 376 Å². The van der Waals surface area contributed by atoms with Gasteiger partial charge in [-0.3, -0.25) is 0 Å². The molecular weight excluding hydrogens is 817 g/mol. The summed E-state index contributed by atoms with van der Waals surface area (Å²) in [6, 6.07) is 31.4. The maximum absolute atomic E-state index is 6.65. The molecule has 12 nitrogen and oxygen atoms in total. The lowest BCUT2D eigenvalue weighted by Crippen LogP contribution is -2.02. The van der Waals surface area contributed by atoms with Crippen molar-refractivity contribution in [2.24, 2.45) is 0 Å². The Bertz CT molecular complexity index is 2320. The van der Waals surface area contributed by atoms with Crippen molar-refractivity contribution < 1.29 is 56.8 Å². The Balaban J connectivity index is 1.28. The summed E-state index contributed by atoms with van der Waals surface area (Å²) in [5, 5.41) is 0. The van der Waals surface area contributed by atoms with Gasteiger partial charge in [0.25, 0.3) is 0 Å². The molecule has 0 aromatic heterocycles. The van der Waals surface area contributed by atoms with Crippen LogP contribution in [0.25, 0.3) is 0 Å². The maximum atomic E-state index is 6.65. The molecule has 6 aromatic carbocycles. The summed E-state index contributed by atoms with van der Waals surface area (Å²) >= 11 is 0. The molecule has 0 aliphatic rings. The second kappa shape index (κ2) is 22.3. The Morgan fingerprint density at radius 2 is 0.625 bits per heavy atom. The minimum atomic E-state index is 0.445. The zero-order valence-electron chi connectivity index (χ0n) is 38.4. The molecule has 0 saturated heterocycles. The van der Waals surface area contributed by atoms with Crippen LogP contribution in [0.3, 0.4) is 0 Å². The van der Waals surface area contributed by atoms with E-state index < -0.39 is 0 Å². The molecule has 0 aliphatic carbocycles. The smallest absolute Gasteiger partial charge is 0.203 e. The predicted octanol–water partition coefficient (Wildman–Crippen LogP) is 10.7. The molecule has 0 spiro atoms. The highest BCUT2D eigenvalue weighted by Crippen LogP contribution is 2.47. The summed E-state index contributed by atoms with van der Waals surface area (Å²) in [6.45, 7) is 0. The van der Waals surface area contributed by atoms with Gasteiger partial charge in [0, 0.05) is 12.1 Å². The minimum absolute atomic E-state index is 0.445. The third-order valence-electron chi connectivity index (χ3n) is 10.9. The monoisotopic (exact) mass is 874 g/mol. The zero-order valence-corrected chi connectivity index (χ0v) is 38.4. The second-order valence-corrected chi connectivity index (χ2v) is 14.7. The third-order valence-corrected chi connectivity index (χ3v) is 10.9. The SMILES string of the molecule is COc1cccc(CCc2cc(Oc3cc(CCc4cc(OC)c(OC)c(Oc5cc(CCc6cccc(OC)c6)c(OC)cc5OC)c4)cc(OC)c3OC)c(OC)cc2OC)c1. The molecule has 0 atom stereocenters. The fourth-order valence-electron chi connectivity index (χ4n) is 7.56. The van der Waals surface area contributed by atoms with Gasteiger partial charge >= 0.3 is 0 Å². The fourth-order valence-corrected chi connectivity index (χ4v) is 7.56. The van der Waals surface area contributed by atoms with E-state index in [1.807, 2.05) is 84.9 Å². The normalized spacial score (nSPS) is 10.7. The quantitative estimate of drug-likeness (QED) is 0.0611. The number of hydrogen-bond donors (Lipinski definition) is 0. The number of rotatable bonds is 23. The van der Waals surface area contributed by atoms with Crippen LogP contribution in [0.2, 0.25) is 0 Å². The van der Waals surface area contributed by atoms with Crippen LogP contribution in [0, 0.1) is 0 Å². The standard InChI is InChI=1S/C52H58O12/c1-53-39-15-11-13-33(23-39)19-21-37-29-45(43(57-5)31-41(37)55-3)63-49-27-35(25-47(59-7)51(49)61-9)17-18-36-26-48(60-8)52(62-10)50(28-36)64-46-30-38(42(56-4)32-44(46)58-6)22-20-34-14-12-16-40(24-34)54-2/h11-16,23-32H,17-22H2,1-10H3. The molecule has 0 saturated carbocycles. The van der Waals surface area contributed by atoms with Crippen molar-refractivity contribution in [2.45, 2.75) is 38.5 Å². The van der Waals surface area contributed by atoms with Crippen LogP contribution in [0.4, 0.5) is 0 Å². The number of methoxy groups -OCH3 is 10. The van der Waals surface area contributed by atoms with E-state index in [9.17, 15) is 0 Å². The van der Waals surface area contributed by atoms with Crippen LogP contribution in [-0.4, -0.2) is 71.1 Å². The summed E-state index contributed by atoms with van der Waals surface area (Å²) in [6.07, 6.45) is 4.08. The Kier molecular flexibility index (Phi) is 16.2. The van der Waals surface area contributed by atoms with E-state index in [-0.39, 0.29) is 0 Å². The first-order valence-corrected chi connectivity index (χ1v) is 20.8. The first kappa shape index (κ1) is 46.4. The van der Waals surface area contributed by atoms with E-state index in [1.54, 1.807) is 71.1 Å². The number of ether oxygens (including phenoxy) is 12. The van der Waals surface area contributed by atoms with Gasteiger partial charge in [0.15, 0.2) is 46.0 Å². The van der Waals surface area contributed by atoms with Gasteiger partial charge in [0.1, 0.15) is 23.0 Å². The molecule has 12 heteroatoms. The van der Waals surface area contributed by atoms with Crippen LogP contribution >= 0.6 is 0 Å². The Hall–Kier alpha value is -7.08. The number of benzene rings is 6. The highest BCUT2D eigenvalue weighted by atomic mass is 16.6. The molecule has 0 fully saturated rings. The Morgan fingerprint density at radius 1 is 0.266 bits per heavy atom. The molecule has 0 amide bonds. The summed E-state index contributed by atoms with van der Waals surface area (Å²) in [5.74, 6) is 7.87. The van der Waals surface area contributed by atoms with E-state index in [0.717, 1.165) is 57.7 Å². The average Bonchev–Trinajstić information content (AvgIpc) is 3.33. The van der Waals surface area contributed by atoms with Crippen molar-refractivity contribution >= 4 is 0 Å². The molecule has 0 N–H and O–H groups in total. The molecule has 0 unspecified atom stereocenters. The molecule has 0 radical (unpaired) electrons. The van der Waals surface area contributed by atoms with Crippen LogP contribution < -0.4 is 56.8 Å². The van der Waals surface area contributed by atoms with Gasteiger partial charge in [0.2, 0.25) is 11.5 Å². The summed E-state index contributed by atoms with van der Waals surface area (Å²) in [4.78, 5) is 0. The molecule has 64 heavy (non-hydrogen) atoms. The maximum Gasteiger partial charge on any atom is 0.203 e. The highest BCUT2D eigenvalue weighted by Gasteiger charge is 2.22. The van der Waals surface area contributed by atoms with E-state index in [1.165, 1.54) is 0 Å². The fraction of sp³-hybridized carbons (Fsp3) is 0.308. The highest BCUT2D eigenvalue weighted by molar-refractivity contribution is 5.60. The van der Waals surface area contributed by atoms with Crippen molar-refractivity contribution in [3.8, 4) is 80.5 Å². The van der Waals surface area contributed by atoms with Crippen molar-refractivity contribution in [3.05, 3.63) is 130 Å². The average molecular weight is 875 g/mol. The van der Waals surface area contributed by atoms with E-state index in [0.29, 0.717) is 94.7 Å². The molecule has 338 valence electrons. The summed E-state index contributed by atoms with van der Waals surface area (Å²) in [7, 11) is 16.2. The number of aryl methyl sites for hydroxylation is 6. The summed E-state index contributed by atoms with van der Waals surface area (Å²) in [5.41, 5.74) is 6.05. The van der Waals surface area contributed by atoms with Gasteiger partial charge in [-0.25, -0.2) is 0 Å². The van der Waals surface area contributed by atoms with E-state index >= 15 is 0 Å². The molecule has 0 aliphatic heterocycles. The largest absolute Gasteiger partial charge is 0.497 e. The Morgan fingerprint density at radius 3 is 0.969 bits per heavy atom. The second-order valence-electron chi connectivity index (χ2n) is 14.7. The lowest BCUT2D eigenvalue weighted by molar-refractivity contribution is 0.327. The van der Waals surface area contributed by atoms with Crippen LogP contribution in [0.1, 0.15) is 33.4 Å². The van der Waals surface area contributed by atoms with Crippen LogP contribution in [0.15, 0.2) is 97.1 Å². The van der Waals surface area contributed by atoms with Crippen molar-refractivity contribution in [1.29, 1.82) is 0 Å². The van der Waals surface area contributed by atoms with Gasteiger partial charge in [0.05, 0.1) is 71.1 Å². The summed E-state index contributed by atoms with van der Waals surface area (Å²) < 4.78 is 70.7. The van der Waals surface area contributed by atoms with Gasteiger partial charge < -0.3 is 56.8 Å². The predicted molar refractivity (Wildman–Crippen MR) is 247 cm³/mol. The topological polar surface area (TPSA) is 111 Å². The zero-order chi connectivity index (χ0) is 45.6. The van der Waals surface area contributed by atoms with Crippen LogP contribution in [-0.2, 0) is 38.5 Å². The van der Waals surface area contributed by atoms with Gasteiger partial charge in [-0.05, 0) is 133 Å². The lowest BCUT2D eigenvalue weighted by atomic mass is 10.0. The minimum Gasteiger partial charge on any atom is -0.497 e.